The number of hydrogen-bond acceptors (Lipinski definition) is 4. The third-order valence-electron chi connectivity index (χ3n) is 4.76. The number of benzene rings is 3. The second-order valence-electron chi connectivity index (χ2n) is 6.84. The van der Waals surface area contributed by atoms with Crippen molar-refractivity contribution in [1.82, 2.24) is 0 Å². The smallest absolute Gasteiger partial charge is 0.262 e. The van der Waals surface area contributed by atoms with Gasteiger partial charge in [-0.2, -0.15) is 0 Å². The normalized spacial score (nSPS) is 10.7. The van der Waals surface area contributed by atoms with Gasteiger partial charge < -0.3 is 14.5 Å². The van der Waals surface area contributed by atoms with Gasteiger partial charge in [0.1, 0.15) is 5.58 Å². The van der Waals surface area contributed by atoms with E-state index in [-0.39, 0.29) is 23.7 Å². The van der Waals surface area contributed by atoms with Crippen LogP contribution in [0.25, 0.3) is 22.3 Å². The molecule has 0 aliphatic rings. The van der Waals surface area contributed by atoms with Crippen molar-refractivity contribution in [3.8, 4) is 17.1 Å². The number of aryl methyl sites for hydroxylation is 1. The number of nitrogens with one attached hydrogen (secondary N) is 1. The van der Waals surface area contributed by atoms with Crippen molar-refractivity contribution in [2.24, 2.45) is 0 Å². The van der Waals surface area contributed by atoms with Gasteiger partial charge in [0.05, 0.1) is 5.39 Å². The standard InChI is InChI=1S/C25H21NO4/c1-2-17-13-14-21-20(15-17)23(28)25(24(30-21)18-9-5-3-6-10-18)29-16-22(27)26-19-11-7-4-8-12-19/h3-15H,2,16H2,1H3,(H,26,27). The van der Waals surface area contributed by atoms with Crippen LogP contribution in [0.3, 0.4) is 0 Å². The highest BCUT2D eigenvalue weighted by atomic mass is 16.5. The van der Waals surface area contributed by atoms with Gasteiger partial charge in [-0.1, -0.05) is 61.5 Å². The maximum atomic E-state index is 13.2. The highest BCUT2D eigenvalue weighted by molar-refractivity contribution is 5.92. The minimum Gasteiger partial charge on any atom is -0.476 e. The number of carbonyl (C=O) groups is 1. The maximum absolute atomic E-state index is 13.2. The van der Waals surface area contributed by atoms with E-state index in [1.54, 1.807) is 18.2 Å². The van der Waals surface area contributed by atoms with E-state index < -0.39 is 0 Å². The monoisotopic (exact) mass is 399 g/mol. The van der Waals surface area contributed by atoms with E-state index in [1.165, 1.54) is 0 Å². The van der Waals surface area contributed by atoms with Crippen molar-refractivity contribution in [2.75, 3.05) is 11.9 Å². The van der Waals surface area contributed by atoms with Gasteiger partial charge in [-0.25, -0.2) is 0 Å². The minimum atomic E-state index is -0.359. The number of fused-ring (bicyclic) bond motifs is 1. The fourth-order valence-electron chi connectivity index (χ4n) is 3.21. The van der Waals surface area contributed by atoms with E-state index >= 15 is 0 Å². The lowest BCUT2D eigenvalue weighted by atomic mass is 10.1. The van der Waals surface area contributed by atoms with E-state index in [0.29, 0.717) is 28.0 Å². The molecule has 1 heterocycles. The summed E-state index contributed by atoms with van der Waals surface area (Å²) in [4.78, 5) is 25.6. The molecule has 1 aromatic heterocycles. The molecule has 0 bridgehead atoms. The van der Waals surface area contributed by atoms with Gasteiger partial charge in [-0.15, -0.1) is 0 Å². The molecule has 0 saturated carbocycles. The Balaban J connectivity index is 1.71. The molecular formula is C25H21NO4. The Kier molecular flexibility index (Phi) is 5.61. The quantitative estimate of drug-likeness (QED) is 0.493. The summed E-state index contributed by atoms with van der Waals surface area (Å²) in [5.41, 5.74) is 2.58. The lowest BCUT2D eigenvalue weighted by molar-refractivity contribution is -0.118. The van der Waals surface area contributed by atoms with Crippen LogP contribution in [0.15, 0.2) is 88.1 Å². The average molecular weight is 399 g/mol. The zero-order valence-electron chi connectivity index (χ0n) is 16.6. The number of ether oxygens (including phenoxy) is 1. The molecule has 3 aromatic carbocycles. The first-order chi connectivity index (χ1) is 14.7. The van der Waals surface area contributed by atoms with E-state index in [2.05, 4.69) is 5.32 Å². The van der Waals surface area contributed by atoms with Crippen LogP contribution in [0, 0.1) is 0 Å². The van der Waals surface area contributed by atoms with Gasteiger partial charge in [0.25, 0.3) is 5.91 Å². The third kappa shape index (κ3) is 4.10. The summed E-state index contributed by atoms with van der Waals surface area (Å²) in [7, 11) is 0. The Bertz CT molecular complexity index is 1230. The molecule has 0 atom stereocenters. The van der Waals surface area contributed by atoms with Gasteiger partial charge in [-0.3, -0.25) is 9.59 Å². The van der Waals surface area contributed by atoms with Gasteiger partial charge >= 0.3 is 0 Å². The van der Waals surface area contributed by atoms with Gasteiger partial charge in [0, 0.05) is 11.3 Å². The Labute approximate surface area is 173 Å². The third-order valence-corrected chi connectivity index (χ3v) is 4.76. The van der Waals surface area contributed by atoms with E-state index in [9.17, 15) is 9.59 Å². The van der Waals surface area contributed by atoms with Crippen molar-refractivity contribution in [2.45, 2.75) is 13.3 Å². The van der Waals surface area contributed by atoms with Gasteiger partial charge in [-0.05, 0) is 36.2 Å². The van der Waals surface area contributed by atoms with E-state index in [0.717, 1.165) is 12.0 Å². The second kappa shape index (κ2) is 8.66. The SMILES string of the molecule is CCc1ccc2oc(-c3ccccc3)c(OCC(=O)Nc3ccccc3)c(=O)c2c1. The first-order valence-corrected chi connectivity index (χ1v) is 9.78. The van der Waals surface area contributed by atoms with Crippen LogP contribution in [-0.4, -0.2) is 12.5 Å². The fourth-order valence-corrected chi connectivity index (χ4v) is 3.21. The Morgan fingerprint density at radius 3 is 2.37 bits per heavy atom. The molecule has 30 heavy (non-hydrogen) atoms. The molecule has 0 saturated heterocycles. The number of amides is 1. The zero-order chi connectivity index (χ0) is 20.9. The highest BCUT2D eigenvalue weighted by Crippen LogP contribution is 2.31. The molecule has 4 rings (SSSR count). The summed E-state index contributed by atoms with van der Waals surface area (Å²) >= 11 is 0. The molecule has 0 aliphatic heterocycles. The van der Waals surface area contributed by atoms with Crippen LogP contribution in [0.4, 0.5) is 5.69 Å². The van der Waals surface area contributed by atoms with Crippen molar-refractivity contribution >= 4 is 22.6 Å². The molecule has 4 aromatic rings. The number of para-hydroxylation sites is 1. The molecule has 0 aliphatic carbocycles. The molecule has 1 amide bonds. The lowest BCUT2D eigenvalue weighted by Crippen LogP contribution is -2.22. The number of anilines is 1. The Hall–Kier alpha value is -3.86. The van der Waals surface area contributed by atoms with Crippen LogP contribution < -0.4 is 15.5 Å². The zero-order valence-corrected chi connectivity index (χ0v) is 16.6. The van der Waals surface area contributed by atoms with E-state index in [1.807, 2.05) is 67.6 Å². The Morgan fingerprint density at radius 1 is 0.967 bits per heavy atom. The lowest BCUT2D eigenvalue weighted by Gasteiger charge is -2.12. The highest BCUT2D eigenvalue weighted by Gasteiger charge is 2.19. The first kappa shape index (κ1) is 19.5. The largest absolute Gasteiger partial charge is 0.476 e. The molecule has 0 radical (unpaired) electrons. The summed E-state index contributed by atoms with van der Waals surface area (Å²) in [5.74, 6) is -0.0166. The fraction of sp³-hybridized carbons (Fsp3) is 0.120. The summed E-state index contributed by atoms with van der Waals surface area (Å²) in [5, 5.41) is 3.19. The molecule has 0 spiro atoms. The van der Waals surface area contributed by atoms with Crippen molar-refractivity contribution < 1.29 is 13.9 Å². The van der Waals surface area contributed by atoms with Crippen molar-refractivity contribution in [3.05, 3.63) is 94.6 Å². The molecule has 0 fully saturated rings. The number of rotatable bonds is 6. The summed E-state index contributed by atoms with van der Waals surface area (Å²) in [6.45, 7) is 1.71. The van der Waals surface area contributed by atoms with Crippen LogP contribution in [0.5, 0.6) is 5.75 Å². The van der Waals surface area contributed by atoms with Crippen LogP contribution in [0.2, 0.25) is 0 Å². The van der Waals surface area contributed by atoms with Gasteiger partial charge in [0.15, 0.2) is 12.4 Å². The van der Waals surface area contributed by atoms with Crippen LogP contribution in [-0.2, 0) is 11.2 Å². The second-order valence-corrected chi connectivity index (χ2v) is 6.84. The maximum Gasteiger partial charge on any atom is 0.262 e. The molecular weight excluding hydrogens is 378 g/mol. The Morgan fingerprint density at radius 2 is 1.67 bits per heavy atom. The molecule has 150 valence electrons. The topological polar surface area (TPSA) is 68.5 Å². The molecule has 5 nitrogen and oxygen atoms in total. The first-order valence-electron chi connectivity index (χ1n) is 9.78. The molecule has 5 heteroatoms. The summed E-state index contributed by atoms with van der Waals surface area (Å²) < 4.78 is 11.8. The predicted octanol–water partition coefficient (Wildman–Crippen LogP) is 5.04. The average Bonchev–Trinajstić information content (AvgIpc) is 2.79. The molecule has 0 unspecified atom stereocenters. The van der Waals surface area contributed by atoms with Crippen molar-refractivity contribution in [3.63, 3.8) is 0 Å². The van der Waals surface area contributed by atoms with Crippen LogP contribution in [0.1, 0.15) is 12.5 Å². The minimum absolute atomic E-state index is 0.0326. The summed E-state index contributed by atoms with van der Waals surface area (Å²) in [6, 6.07) is 23.9. The number of carbonyl (C=O) groups excluding carboxylic acids is 1. The van der Waals surface area contributed by atoms with Gasteiger partial charge in [0.2, 0.25) is 11.2 Å². The van der Waals surface area contributed by atoms with Crippen molar-refractivity contribution in [1.29, 1.82) is 0 Å². The molecule has 1 N–H and O–H groups in total. The summed E-state index contributed by atoms with van der Waals surface area (Å²) in [6.07, 6.45) is 0.797. The van der Waals surface area contributed by atoms with E-state index in [4.69, 9.17) is 9.15 Å². The predicted molar refractivity (Wildman–Crippen MR) is 118 cm³/mol. The van der Waals surface area contributed by atoms with Crippen LogP contribution >= 0.6 is 0 Å². The number of hydrogen-bond donors (Lipinski definition) is 1.